The molecule has 0 atom stereocenters. The summed E-state index contributed by atoms with van der Waals surface area (Å²) < 4.78 is 0.701. The van der Waals surface area contributed by atoms with Crippen molar-refractivity contribution in [3.8, 4) is 5.75 Å². The Labute approximate surface area is 71.0 Å². The maximum Gasteiger partial charge on any atom is 0.135 e. The van der Waals surface area contributed by atoms with Crippen molar-refractivity contribution in [2.45, 2.75) is 0 Å². The van der Waals surface area contributed by atoms with E-state index in [2.05, 4.69) is 4.98 Å². The Morgan fingerprint density at radius 1 is 1.67 bits per heavy atom. The van der Waals surface area contributed by atoms with E-state index in [0.717, 1.165) is 0 Å². The molecule has 0 amide bonds. The van der Waals surface area contributed by atoms with Gasteiger partial charge in [-0.25, -0.2) is 4.98 Å². The summed E-state index contributed by atoms with van der Waals surface area (Å²) in [5, 5.41) is 9.27. The van der Waals surface area contributed by atoms with Crippen LogP contribution in [-0.4, -0.2) is 10.1 Å². The molecule has 0 saturated heterocycles. The molecular weight excluding hydrogens is 252 g/mol. The number of nitrogens with zero attached hydrogens (tertiary/aromatic N) is 1. The van der Waals surface area contributed by atoms with Gasteiger partial charge in [0, 0.05) is 6.07 Å². The maximum atomic E-state index is 8.79. The molecule has 0 saturated carbocycles. The average Bonchev–Trinajstić information content (AvgIpc) is 1.80. The molecule has 1 N–H and O–H groups in total. The minimum Gasteiger partial charge on any atom is -0.506 e. The van der Waals surface area contributed by atoms with Gasteiger partial charge in [0.2, 0.25) is 0 Å². The highest BCUT2D eigenvalue weighted by Gasteiger charge is 1.96. The van der Waals surface area contributed by atoms with Crippen molar-refractivity contribution in [1.29, 1.82) is 0 Å². The van der Waals surface area contributed by atoms with Crippen LogP contribution in [0.5, 0.6) is 5.75 Å². The largest absolute Gasteiger partial charge is 0.506 e. The number of rotatable bonds is 0. The lowest BCUT2D eigenvalue weighted by Gasteiger charge is -1.92. The van der Waals surface area contributed by atoms with Gasteiger partial charge in [-0.15, -0.1) is 0 Å². The van der Waals surface area contributed by atoms with Crippen LogP contribution in [0.2, 0.25) is 5.02 Å². The van der Waals surface area contributed by atoms with Crippen LogP contribution in [0, 0.1) is 3.70 Å². The van der Waals surface area contributed by atoms with Crippen molar-refractivity contribution in [2.75, 3.05) is 0 Å². The average molecular weight is 255 g/mol. The summed E-state index contributed by atoms with van der Waals surface area (Å²) in [4.78, 5) is 3.78. The van der Waals surface area contributed by atoms with Crippen LogP contribution in [0.4, 0.5) is 0 Å². The van der Waals surface area contributed by atoms with Gasteiger partial charge >= 0.3 is 0 Å². The van der Waals surface area contributed by atoms with Crippen LogP contribution in [0.15, 0.2) is 12.3 Å². The van der Waals surface area contributed by atoms with E-state index in [1.54, 1.807) is 0 Å². The molecule has 2 nitrogen and oxygen atoms in total. The van der Waals surface area contributed by atoms with Gasteiger partial charge < -0.3 is 5.11 Å². The summed E-state index contributed by atoms with van der Waals surface area (Å²) in [5.74, 6) is 0.0976. The lowest BCUT2D eigenvalue weighted by atomic mass is 10.5. The number of hydrogen-bond acceptors (Lipinski definition) is 2. The van der Waals surface area contributed by atoms with Gasteiger partial charge in [-0.05, 0) is 22.6 Å². The van der Waals surface area contributed by atoms with Gasteiger partial charge in [0.15, 0.2) is 0 Å². The Morgan fingerprint density at radius 2 is 2.33 bits per heavy atom. The van der Waals surface area contributed by atoms with E-state index < -0.39 is 0 Å². The quantitative estimate of drug-likeness (QED) is 0.568. The summed E-state index contributed by atoms with van der Waals surface area (Å²) in [5.41, 5.74) is 0. The number of hydrogen-bond donors (Lipinski definition) is 1. The second-order valence-electron chi connectivity index (χ2n) is 1.47. The van der Waals surface area contributed by atoms with E-state index >= 15 is 0 Å². The van der Waals surface area contributed by atoms with E-state index in [9.17, 15) is 0 Å². The lowest BCUT2D eigenvalue weighted by molar-refractivity contribution is 0.472. The van der Waals surface area contributed by atoms with Gasteiger partial charge in [-0.1, -0.05) is 11.6 Å². The second kappa shape index (κ2) is 2.70. The summed E-state index contributed by atoms with van der Waals surface area (Å²) in [6.07, 6.45) is 1.35. The van der Waals surface area contributed by atoms with Crippen molar-refractivity contribution >= 4 is 34.2 Å². The molecule has 0 fully saturated rings. The molecule has 0 spiro atoms. The highest BCUT2D eigenvalue weighted by Crippen LogP contribution is 2.19. The third-order valence-corrected chi connectivity index (χ3v) is 2.25. The molecule has 0 unspecified atom stereocenters. The number of halogens is 2. The molecule has 48 valence electrons. The smallest absolute Gasteiger partial charge is 0.135 e. The summed E-state index contributed by atoms with van der Waals surface area (Å²) in [7, 11) is 0. The van der Waals surface area contributed by atoms with Crippen LogP contribution in [0.25, 0.3) is 0 Å². The molecule has 0 aliphatic heterocycles. The second-order valence-corrected chi connectivity index (χ2v) is 2.90. The zero-order valence-electron chi connectivity index (χ0n) is 4.31. The van der Waals surface area contributed by atoms with E-state index in [4.69, 9.17) is 16.7 Å². The SMILES string of the molecule is Oc1cnc(I)c(Cl)c1. The molecule has 0 aliphatic carbocycles. The summed E-state index contributed by atoms with van der Waals surface area (Å²) >= 11 is 7.57. The minimum atomic E-state index is 0.0976. The van der Waals surface area contributed by atoms with Crippen LogP contribution in [-0.2, 0) is 0 Å². The first-order valence-corrected chi connectivity index (χ1v) is 3.66. The number of aromatic nitrogens is 1. The molecular formula is C5H3ClINO. The standard InChI is InChI=1S/C5H3ClINO/c6-4-1-3(9)2-8-5(4)7/h1-2,9H. The van der Waals surface area contributed by atoms with Crippen molar-refractivity contribution < 1.29 is 5.11 Å². The molecule has 0 bridgehead atoms. The fraction of sp³-hybridized carbons (Fsp3) is 0. The Hall–Kier alpha value is -0.0300. The highest BCUT2D eigenvalue weighted by molar-refractivity contribution is 14.1. The zero-order valence-corrected chi connectivity index (χ0v) is 7.22. The number of aromatic hydroxyl groups is 1. The molecule has 1 rings (SSSR count). The van der Waals surface area contributed by atoms with E-state index in [1.807, 2.05) is 22.6 Å². The van der Waals surface area contributed by atoms with Gasteiger partial charge in [0.25, 0.3) is 0 Å². The molecule has 0 radical (unpaired) electrons. The maximum absolute atomic E-state index is 8.79. The van der Waals surface area contributed by atoms with E-state index in [0.29, 0.717) is 8.72 Å². The number of pyridine rings is 1. The van der Waals surface area contributed by atoms with Crippen molar-refractivity contribution in [2.24, 2.45) is 0 Å². The predicted octanol–water partition coefficient (Wildman–Crippen LogP) is 2.05. The van der Waals surface area contributed by atoms with Gasteiger partial charge in [-0.2, -0.15) is 0 Å². The van der Waals surface area contributed by atoms with E-state index in [1.165, 1.54) is 12.3 Å². The Bertz CT molecular complexity index is 228. The molecule has 1 aromatic heterocycles. The summed E-state index contributed by atoms with van der Waals surface area (Å²) in [6, 6.07) is 1.45. The highest BCUT2D eigenvalue weighted by atomic mass is 127. The molecule has 1 heterocycles. The first-order valence-electron chi connectivity index (χ1n) is 2.20. The topological polar surface area (TPSA) is 33.1 Å². The Balaban J connectivity index is 3.17. The van der Waals surface area contributed by atoms with E-state index in [-0.39, 0.29) is 5.75 Å². The van der Waals surface area contributed by atoms with Gasteiger partial charge in [-0.3, -0.25) is 0 Å². The van der Waals surface area contributed by atoms with Crippen molar-refractivity contribution in [1.82, 2.24) is 4.98 Å². The predicted molar refractivity (Wildman–Crippen MR) is 43.6 cm³/mol. The molecule has 0 aliphatic rings. The fourth-order valence-corrected chi connectivity index (χ4v) is 0.867. The molecule has 1 aromatic rings. The normalized spacial score (nSPS) is 9.56. The zero-order chi connectivity index (χ0) is 6.85. The van der Waals surface area contributed by atoms with Crippen LogP contribution in [0.1, 0.15) is 0 Å². The summed E-state index contributed by atoms with van der Waals surface area (Å²) in [6.45, 7) is 0. The van der Waals surface area contributed by atoms with Gasteiger partial charge in [0.05, 0.1) is 11.2 Å². The van der Waals surface area contributed by atoms with Crippen LogP contribution >= 0.6 is 34.2 Å². The van der Waals surface area contributed by atoms with Gasteiger partial charge in [0.1, 0.15) is 9.45 Å². The lowest BCUT2D eigenvalue weighted by Crippen LogP contribution is -1.78. The van der Waals surface area contributed by atoms with Crippen LogP contribution < -0.4 is 0 Å². The first kappa shape index (κ1) is 7.08. The third-order valence-electron chi connectivity index (χ3n) is 0.782. The first-order chi connectivity index (χ1) is 4.20. The third kappa shape index (κ3) is 1.69. The molecule has 9 heavy (non-hydrogen) atoms. The van der Waals surface area contributed by atoms with Crippen molar-refractivity contribution in [3.05, 3.63) is 21.0 Å². The Kier molecular flexibility index (Phi) is 2.13. The molecule has 4 heteroatoms. The molecule has 0 aromatic carbocycles. The fourth-order valence-electron chi connectivity index (χ4n) is 0.411. The monoisotopic (exact) mass is 255 g/mol. The van der Waals surface area contributed by atoms with Crippen molar-refractivity contribution in [3.63, 3.8) is 0 Å². The Morgan fingerprint density at radius 3 is 2.78 bits per heavy atom. The van der Waals surface area contributed by atoms with Crippen LogP contribution in [0.3, 0.4) is 0 Å². The minimum absolute atomic E-state index is 0.0976.